The van der Waals surface area contributed by atoms with E-state index in [0.29, 0.717) is 12.5 Å². The second-order valence-electron chi connectivity index (χ2n) is 5.14. The van der Waals surface area contributed by atoms with Crippen molar-refractivity contribution in [1.82, 2.24) is 4.98 Å². The Morgan fingerprint density at radius 3 is 2.94 bits per heavy atom. The fourth-order valence-electron chi connectivity index (χ4n) is 2.25. The Balaban J connectivity index is 2.00. The van der Waals surface area contributed by atoms with Gasteiger partial charge in [0, 0.05) is 0 Å². The number of hydrogen-bond acceptors (Lipinski definition) is 4. The van der Waals surface area contributed by atoms with Crippen LogP contribution in [0.1, 0.15) is 31.7 Å². The van der Waals surface area contributed by atoms with Crippen molar-refractivity contribution in [3.05, 3.63) is 23.2 Å². The fraction of sp³-hybridized carbons (Fsp3) is 0.500. The van der Waals surface area contributed by atoms with Crippen molar-refractivity contribution in [3.63, 3.8) is 0 Å². The first kappa shape index (κ1) is 11.9. The van der Waals surface area contributed by atoms with Gasteiger partial charge in [0.2, 0.25) is 0 Å². The van der Waals surface area contributed by atoms with Crippen molar-refractivity contribution < 1.29 is 4.74 Å². The molecule has 0 saturated heterocycles. The average Bonchev–Trinajstić information content (AvgIpc) is 3.10. The Morgan fingerprint density at radius 1 is 1.50 bits per heavy atom. The summed E-state index contributed by atoms with van der Waals surface area (Å²) in [5.74, 6) is 1.51. The molecule has 3 rings (SSSR count). The van der Waals surface area contributed by atoms with Gasteiger partial charge in [0.15, 0.2) is 0 Å². The standard InChI is InChI=1S/C14H18N2OS/c1-3-17-10-6-7-11-12(8-10)18-13(16-11)14(2,15)9-4-5-9/h6-9H,3-5,15H2,1-2H3. The summed E-state index contributed by atoms with van der Waals surface area (Å²) in [7, 11) is 0. The van der Waals surface area contributed by atoms with E-state index in [2.05, 4.69) is 18.0 Å². The number of nitrogens with two attached hydrogens (primary N) is 1. The summed E-state index contributed by atoms with van der Waals surface area (Å²) in [4.78, 5) is 4.68. The molecule has 1 fully saturated rings. The van der Waals surface area contributed by atoms with Crippen LogP contribution in [0.3, 0.4) is 0 Å². The summed E-state index contributed by atoms with van der Waals surface area (Å²) < 4.78 is 6.68. The summed E-state index contributed by atoms with van der Waals surface area (Å²) in [5, 5.41) is 1.05. The van der Waals surface area contributed by atoms with Crippen LogP contribution in [0, 0.1) is 5.92 Å². The third-order valence-corrected chi connectivity index (χ3v) is 4.83. The normalized spacial score (nSPS) is 18.8. The highest BCUT2D eigenvalue weighted by atomic mass is 32.1. The first-order chi connectivity index (χ1) is 8.61. The van der Waals surface area contributed by atoms with E-state index in [1.54, 1.807) is 11.3 Å². The minimum absolute atomic E-state index is 0.268. The first-order valence-electron chi connectivity index (χ1n) is 6.44. The maximum absolute atomic E-state index is 6.42. The number of ether oxygens (including phenoxy) is 1. The van der Waals surface area contributed by atoms with Crippen LogP contribution in [-0.4, -0.2) is 11.6 Å². The number of rotatable bonds is 4. The second kappa shape index (κ2) is 4.21. The quantitative estimate of drug-likeness (QED) is 0.920. The largest absolute Gasteiger partial charge is 0.494 e. The summed E-state index contributed by atoms with van der Waals surface area (Å²) >= 11 is 1.70. The van der Waals surface area contributed by atoms with Crippen molar-refractivity contribution >= 4 is 21.6 Å². The van der Waals surface area contributed by atoms with E-state index in [1.807, 2.05) is 19.1 Å². The van der Waals surface area contributed by atoms with Crippen LogP contribution in [0.25, 0.3) is 10.2 Å². The van der Waals surface area contributed by atoms with E-state index >= 15 is 0 Å². The summed E-state index contributed by atoms with van der Waals surface area (Å²) in [6.07, 6.45) is 2.46. The fourth-order valence-corrected chi connectivity index (χ4v) is 3.38. The van der Waals surface area contributed by atoms with Crippen molar-refractivity contribution in [1.29, 1.82) is 0 Å². The van der Waals surface area contributed by atoms with E-state index < -0.39 is 0 Å². The van der Waals surface area contributed by atoms with Gasteiger partial charge in [0.25, 0.3) is 0 Å². The molecule has 0 spiro atoms. The number of hydrogen-bond donors (Lipinski definition) is 1. The zero-order chi connectivity index (χ0) is 12.8. The number of thiazole rings is 1. The van der Waals surface area contributed by atoms with Gasteiger partial charge in [-0.2, -0.15) is 0 Å². The lowest BCUT2D eigenvalue weighted by molar-refractivity contribution is 0.341. The summed E-state index contributed by atoms with van der Waals surface area (Å²) in [5.41, 5.74) is 7.18. The molecule has 0 amide bonds. The van der Waals surface area contributed by atoms with E-state index in [1.165, 1.54) is 12.8 Å². The van der Waals surface area contributed by atoms with Gasteiger partial charge in [-0.15, -0.1) is 11.3 Å². The van der Waals surface area contributed by atoms with Gasteiger partial charge in [-0.1, -0.05) is 0 Å². The molecule has 18 heavy (non-hydrogen) atoms. The van der Waals surface area contributed by atoms with Crippen LogP contribution < -0.4 is 10.5 Å². The molecule has 1 atom stereocenters. The van der Waals surface area contributed by atoms with E-state index in [0.717, 1.165) is 21.0 Å². The molecule has 1 heterocycles. The van der Waals surface area contributed by atoms with Gasteiger partial charge >= 0.3 is 0 Å². The number of benzene rings is 1. The summed E-state index contributed by atoms with van der Waals surface area (Å²) in [6, 6.07) is 6.05. The van der Waals surface area contributed by atoms with Gasteiger partial charge in [-0.25, -0.2) is 4.98 Å². The van der Waals surface area contributed by atoms with Crippen LogP contribution in [0.4, 0.5) is 0 Å². The number of fused-ring (bicyclic) bond motifs is 1. The maximum Gasteiger partial charge on any atom is 0.120 e. The van der Waals surface area contributed by atoms with Gasteiger partial charge in [-0.3, -0.25) is 0 Å². The topological polar surface area (TPSA) is 48.1 Å². The minimum atomic E-state index is -0.268. The van der Waals surface area contributed by atoms with E-state index in [4.69, 9.17) is 10.5 Å². The monoisotopic (exact) mass is 262 g/mol. The Labute approximate surface area is 111 Å². The second-order valence-corrected chi connectivity index (χ2v) is 6.17. The van der Waals surface area contributed by atoms with Gasteiger partial charge in [0.1, 0.15) is 10.8 Å². The predicted octanol–water partition coefficient (Wildman–Crippen LogP) is 3.28. The Morgan fingerprint density at radius 2 is 2.28 bits per heavy atom. The lowest BCUT2D eigenvalue weighted by Crippen LogP contribution is -2.35. The highest BCUT2D eigenvalue weighted by molar-refractivity contribution is 7.18. The van der Waals surface area contributed by atoms with E-state index in [9.17, 15) is 0 Å². The van der Waals surface area contributed by atoms with Crippen LogP contribution in [0.2, 0.25) is 0 Å². The van der Waals surface area contributed by atoms with E-state index in [-0.39, 0.29) is 5.54 Å². The molecule has 1 aromatic heterocycles. The van der Waals surface area contributed by atoms with Crippen LogP contribution in [0.15, 0.2) is 18.2 Å². The molecule has 96 valence electrons. The average molecular weight is 262 g/mol. The lowest BCUT2D eigenvalue weighted by atomic mass is 9.99. The van der Waals surface area contributed by atoms with Gasteiger partial charge in [0.05, 0.1) is 22.4 Å². The van der Waals surface area contributed by atoms with Crippen molar-refractivity contribution in [2.45, 2.75) is 32.2 Å². The van der Waals surface area contributed by atoms with Crippen LogP contribution in [-0.2, 0) is 5.54 Å². The highest BCUT2D eigenvalue weighted by Gasteiger charge is 2.41. The predicted molar refractivity (Wildman–Crippen MR) is 75.1 cm³/mol. The Bertz CT molecular complexity index is 572. The molecule has 1 saturated carbocycles. The molecular formula is C14H18N2OS. The molecule has 0 bridgehead atoms. The van der Waals surface area contributed by atoms with Crippen molar-refractivity contribution in [2.75, 3.05) is 6.61 Å². The zero-order valence-electron chi connectivity index (χ0n) is 10.8. The Kier molecular flexibility index (Phi) is 2.79. The molecule has 1 aromatic carbocycles. The van der Waals surface area contributed by atoms with Gasteiger partial charge in [-0.05, 0) is 50.8 Å². The summed E-state index contributed by atoms with van der Waals surface area (Å²) in [6.45, 7) is 4.78. The molecule has 4 heteroatoms. The molecule has 0 aliphatic heterocycles. The third kappa shape index (κ3) is 1.99. The molecule has 1 aliphatic carbocycles. The van der Waals surface area contributed by atoms with Gasteiger partial charge < -0.3 is 10.5 Å². The van der Waals surface area contributed by atoms with Crippen molar-refractivity contribution in [3.8, 4) is 5.75 Å². The lowest BCUT2D eigenvalue weighted by Gasteiger charge is -2.20. The molecule has 3 nitrogen and oxygen atoms in total. The molecule has 2 aromatic rings. The third-order valence-electron chi connectivity index (χ3n) is 3.56. The number of nitrogens with zero attached hydrogens (tertiary/aromatic N) is 1. The molecule has 2 N–H and O–H groups in total. The van der Waals surface area contributed by atoms with Crippen LogP contribution in [0.5, 0.6) is 5.75 Å². The molecule has 1 unspecified atom stereocenters. The van der Waals surface area contributed by atoms with Crippen molar-refractivity contribution in [2.24, 2.45) is 11.7 Å². The number of aromatic nitrogens is 1. The smallest absolute Gasteiger partial charge is 0.120 e. The maximum atomic E-state index is 6.42. The first-order valence-corrected chi connectivity index (χ1v) is 7.25. The SMILES string of the molecule is CCOc1ccc2nc(C(C)(N)C3CC3)sc2c1. The van der Waals surface area contributed by atoms with Crippen LogP contribution >= 0.6 is 11.3 Å². The highest BCUT2D eigenvalue weighted by Crippen LogP contribution is 2.45. The minimum Gasteiger partial charge on any atom is -0.494 e. The molecular weight excluding hydrogens is 244 g/mol. The molecule has 0 radical (unpaired) electrons. The Hall–Kier alpha value is -1.13. The zero-order valence-corrected chi connectivity index (χ0v) is 11.6. The molecule has 1 aliphatic rings.